The van der Waals surface area contributed by atoms with Gasteiger partial charge in [0, 0.05) is 13.2 Å². The Kier molecular flexibility index (Phi) is 3.62. The molecule has 0 bridgehead atoms. The van der Waals surface area contributed by atoms with E-state index in [4.69, 9.17) is 0 Å². The van der Waals surface area contributed by atoms with E-state index in [1.54, 1.807) is 4.68 Å². The highest BCUT2D eigenvalue weighted by atomic mass is 32.1. The summed E-state index contributed by atoms with van der Waals surface area (Å²) < 4.78 is 2.47. The van der Waals surface area contributed by atoms with Crippen molar-refractivity contribution in [2.75, 3.05) is 6.54 Å². The smallest absolute Gasteiger partial charge is 0.268 e. The van der Waals surface area contributed by atoms with Gasteiger partial charge in [-0.3, -0.25) is 9.48 Å². The minimum Gasteiger partial charge on any atom is -0.310 e. The third-order valence-electron chi connectivity index (χ3n) is 3.01. The first-order chi connectivity index (χ1) is 9.72. The van der Waals surface area contributed by atoms with Crippen LogP contribution in [-0.2, 0) is 20.0 Å². The van der Waals surface area contributed by atoms with Gasteiger partial charge in [0.05, 0.1) is 18.3 Å². The lowest BCUT2D eigenvalue weighted by atomic mass is 10.2. The van der Waals surface area contributed by atoms with E-state index in [2.05, 4.69) is 20.4 Å². The van der Waals surface area contributed by atoms with Gasteiger partial charge in [-0.25, -0.2) is 4.98 Å². The predicted molar refractivity (Wildman–Crippen MR) is 78.9 cm³/mol. The van der Waals surface area contributed by atoms with Crippen LogP contribution in [0.3, 0.4) is 0 Å². The molecule has 0 unspecified atom stereocenters. The number of aryl methyl sites for hydroxylation is 1. The zero-order valence-electron chi connectivity index (χ0n) is 11.1. The molecule has 0 fully saturated rings. The Hall–Kier alpha value is -1.99. The van der Waals surface area contributed by atoms with Crippen LogP contribution in [0.4, 0.5) is 0 Å². The summed E-state index contributed by atoms with van der Waals surface area (Å²) in [4.78, 5) is 19.0. The highest BCUT2D eigenvalue weighted by molar-refractivity contribution is 7.17. The van der Waals surface area contributed by atoms with Crippen LogP contribution in [0.5, 0.6) is 0 Å². The Morgan fingerprint density at radius 3 is 3.20 bits per heavy atom. The van der Waals surface area contributed by atoms with Crippen LogP contribution in [0, 0.1) is 0 Å². The normalized spacial score (nSPS) is 11.2. The third kappa shape index (κ3) is 2.78. The highest BCUT2D eigenvalue weighted by Crippen LogP contribution is 2.13. The standard InChI is InChI=1S/C13H15N5OS/c1-18-8-9(6-15-18)2-4-14-7-11-16-10-3-5-20-12(10)13(19)17-11/h3,5-6,8,14H,2,4,7H2,1H3,(H,16,17,19). The van der Waals surface area contributed by atoms with Crippen molar-refractivity contribution >= 4 is 21.6 Å². The number of aromatic nitrogens is 4. The molecule has 3 heterocycles. The van der Waals surface area contributed by atoms with Crippen molar-refractivity contribution < 1.29 is 0 Å². The van der Waals surface area contributed by atoms with Crippen molar-refractivity contribution in [3.8, 4) is 0 Å². The maximum Gasteiger partial charge on any atom is 0.268 e. The Morgan fingerprint density at radius 1 is 1.50 bits per heavy atom. The zero-order chi connectivity index (χ0) is 13.9. The summed E-state index contributed by atoms with van der Waals surface area (Å²) in [7, 11) is 1.90. The minimum absolute atomic E-state index is 0.0611. The Balaban J connectivity index is 1.58. The van der Waals surface area contributed by atoms with Crippen molar-refractivity contribution in [2.24, 2.45) is 7.05 Å². The number of nitrogens with zero attached hydrogens (tertiary/aromatic N) is 3. The number of hydrogen-bond acceptors (Lipinski definition) is 5. The number of hydrogen-bond donors (Lipinski definition) is 2. The van der Waals surface area contributed by atoms with E-state index in [9.17, 15) is 4.79 Å². The van der Waals surface area contributed by atoms with Gasteiger partial charge in [-0.05, 0) is 30.0 Å². The second kappa shape index (κ2) is 5.56. The number of rotatable bonds is 5. The Labute approximate surface area is 119 Å². The van der Waals surface area contributed by atoms with Crippen molar-refractivity contribution in [3.05, 3.63) is 45.6 Å². The van der Waals surface area contributed by atoms with Crippen LogP contribution >= 0.6 is 11.3 Å². The second-order valence-electron chi connectivity index (χ2n) is 4.60. The summed E-state index contributed by atoms with van der Waals surface area (Å²) in [5.41, 5.74) is 1.90. The molecule has 0 aliphatic rings. The van der Waals surface area contributed by atoms with E-state index in [1.807, 2.05) is 30.9 Å². The Bertz CT molecular complexity index is 772. The number of fused-ring (bicyclic) bond motifs is 1. The average Bonchev–Trinajstić information content (AvgIpc) is 3.04. The van der Waals surface area contributed by atoms with E-state index >= 15 is 0 Å². The summed E-state index contributed by atoms with van der Waals surface area (Å²) in [5, 5.41) is 9.28. The fourth-order valence-electron chi connectivity index (χ4n) is 2.05. The van der Waals surface area contributed by atoms with Gasteiger partial charge in [0.15, 0.2) is 0 Å². The van der Waals surface area contributed by atoms with Crippen LogP contribution < -0.4 is 10.9 Å². The van der Waals surface area contributed by atoms with E-state index in [0.29, 0.717) is 17.1 Å². The first-order valence-corrected chi connectivity index (χ1v) is 7.25. The summed E-state index contributed by atoms with van der Waals surface area (Å²) in [6, 6.07) is 1.87. The molecule has 7 heteroatoms. The molecule has 0 amide bonds. The maximum atomic E-state index is 11.8. The Morgan fingerprint density at radius 2 is 2.40 bits per heavy atom. The predicted octanol–water partition coefficient (Wildman–Crippen LogP) is 1.05. The lowest BCUT2D eigenvalue weighted by molar-refractivity contribution is 0.659. The summed E-state index contributed by atoms with van der Waals surface area (Å²) in [5.74, 6) is 0.673. The molecule has 3 rings (SSSR count). The minimum atomic E-state index is -0.0611. The van der Waals surface area contributed by atoms with Crippen molar-refractivity contribution in [2.45, 2.75) is 13.0 Å². The number of H-pyrrole nitrogens is 1. The van der Waals surface area contributed by atoms with Gasteiger partial charge < -0.3 is 10.3 Å². The topological polar surface area (TPSA) is 75.6 Å². The van der Waals surface area contributed by atoms with Crippen molar-refractivity contribution in [1.29, 1.82) is 0 Å². The largest absolute Gasteiger partial charge is 0.310 e. The summed E-state index contributed by atoms with van der Waals surface area (Å²) in [6.07, 6.45) is 4.76. The van der Waals surface area contributed by atoms with Gasteiger partial charge in [-0.15, -0.1) is 11.3 Å². The van der Waals surface area contributed by atoms with Gasteiger partial charge in [0.1, 0.15) is 10.5 Å². The lowest BCUT2D eigenvalue weighted by Gasteiger charge is -2.03. The quantitative estimate of drug-likeness (QED) is 0.688. The summed E-state index contributed by atoms with van der Waals surface area (Å²) in [6.45, 7) is 1.37. The van der Waals surface area contributed by atoms with E-state index < -0.39 is 0 Å². The first kappa shape index (κ1) is 13.0. The molecule has 3 aromatic heterocycles. The molecule has 0 spiro atoms. The second-order valence-corrected chi connectivity index (χ2v) is 5.51. The van der Waals surface area contributed by atoms with Crippen LogP contribution in [-0.4, -0.2) is 26.3 Å². The molecule has 0 aliphatic carbocycles. The number of thiophene rings is 1. The molecule has 20 heavy (non-hydrogen) atoms. The zero-order valence-corrected chi connectivity index (χ0v) is 11.9. The average molecular weight is 289 g/mol. The molecular weight excluding hydrogens is 274 g/mol. The summed E-state index contributed by atoms with van der Waals surface area (Å²) >= 11 is 1.41. The van der Waals surface area contributed by atoms with Crippen molar-refractivity contribution in [1.82, 2.24) is 25.1 Å². The van der Waals surface area contributed by atoms with Crippen LogP contribution in [0.15, 0.2) is 28.6 Å². The molecule has 0 saturated carbocycles. The molecule has 3 aromatic rings. The fraction of sp³-hybridized carbons (Fsp3) is 0.308. The molecule has 104 valence electrons. The van der Waals surface area contributed by atoms with Crippen LogP contribution in [0.25, 0.3) is 10.2 Å². The molecule has 0 saturated heterocycles. The highest BCUT2D eigenvalue weighted by Gasteiger charge is 2.04. The maximum absolute atomic E-state index is 11.8. The molecule has 6 nitrogen and oxygen atoms in total. The van der Waals surface area contributed by atoms with E-state index in [-0.39, 0.29) is 5.56 Å². The van der Waals surface area contributed by atoms with Gasteiger partial charge in [0.25, 0.3) is 5.56 Å². The van der Waals surface area contributed by atoms with Gasteiger partial charge in [0.2, 0.25) is 0 Å². The SMILES string of the molecule is Cn1cc(CCNCc2nc3ccsc3c(=O)[nH]2)cn1. The van der Waals surface area contributed by atoms with Gasteiger partial charge in [-0.2, -0.15) is 5.10 Å². The molecule has 0 atom stereocenters. The van der Waals surface area contributed by atoms with Gasteiger partial charge >= 0.3 is 0 Å². The van der Waals surface area contributed by atoms with Crippen molar-refractivity contribution in [3.63, 3.8) is 0 Å². The van der Waals surface area contributed by atoms with Crippen LogP contribution in [0.2, 0.25) is 0 Å². The van der Waals surface area contributed by atoms with E-state index in [1.165, 1.54) is 16.9 Å². The lowest BCUT2D eigenvalue weighted by Crippen LogP contribution is -2.21. The molecule has 2 N–H and O–H groups in total. The number of nitrogens with one attached hydrogen (secondary N) is 2. The monoisotopic (exact) mass is 289 g/mol. The first-order valence-electron chi connectivity index (χ1n) is 6.37. The number of aromatic amines is 1. The molecular formula is C13H15N5OS. The molecule has 0 radical (unpaired) electrons. The molecule has 0 aromatic carbocycles. The molecule has 0 aliphatic heterocycles. The van der Waals surface area contributed by atoms with Crippen LogP contribution in [0.1, 0.15) is 11.4 Å². The third-order valence-corrected chi connectivity index (χ3v) is 3.91. The van der Waals surface area contributed by atoms with Gasteiger partial charge in [-0.1, -0.05) is 0 Å². The fourth-order valence-corrected chi connectivity index (χ4v) is 2.77. The van der Waals surface area contributed by atoms with E-state index in [0.717, 1.165) is 18.5 Å².